The van der Waals surface area contributed by atoms with Crippen LogP contribution in [0.4, 0.5) is 0 Å². The molecule has 3 fully saturated rings. The zero-order chi connectivity index (χ0) is 22.1. The van der Waals surface area contributed by atoms with Crippen LogP contribution in [0, 0.1) is 5.41 Å². The van der Waals surface area contributed by atoms with Gasteiger partial charge in [0.1, 0.15) is 5.75 Å². The van der Waals surface area contributed by atoms with Crippen molar-refractivity contribution in [3.05, 3.63) is 30.3 Å². The average molecular weight is 432 g/mol. The molecule has 1 N–H and O–H groups in total. The van der Waals surface area contributed by atoms with E-state index >= 15 is 0 Å². The second-order valence-electron chi connectivity index (χ2n) is 10.4. The molecule has 0 aliphatic carbocycles. The molecule has 1 spiro atoms. The van der Waals surface area contributed by atoms with Gasteiger partial charge in [-0.25, -0.2) is 0 Å². The minimum atomic E-state index is -0.552. The molecule has 3 aliphatic heterocycles. The van der Waals surface area contributed by atoms with Crippen molar-refractivity contribution in [1.82, 2.24) is 4.90 Å². The highest BCUT2D eigenvalue weighted by Crippen LogP contribution is 2.49. The lowest BCUT2D eigenvalue weighted by Crippen LogP contribution is -2.56. The summed E-state index contributed by atoms with van der Waals surface area (Å²) in [7, 11) is 0. The number of carbonyl (C=O) groups is 1. The molecule has 0 saturated carbocycles. The fourth-order valence-corrected chi connectivity index (χ4v) is 5.41. The van der Waals surface area contributed by atoms with Crippen molar-refractivity contribution >= 4 is 5.91 Å². The predicted molar refractivity (Wildman–Crippen MR) is 118 cm³/mol. The monoisotopic (exact) mass is 431 g/mol. The molecule has 0 bridgehead atoms. The summed E-state index contributed by atoms with van der Waals surface area (Å²) >= 11 is 0. The predicted octanol–water partition coefficient (Wildman–Crippen LogP) is 3.56. The van der Waals surface area contributed by atoms with Gasteiger partial charge in [-0.1, -0.05) is 18.2 Å². The highest BCUT2D eigenvalue weighted by Gasteiger charge is 2.53. The lowest BCUT2D eigenvalue weighted by Gasteiger charge is -2.48. The number of carbonyl (C=O) groups excluding carboxylic acids is 1. The second-order valence-corrected chi connectivity index (χ2v) is 10.4. The first-order valence-electron chi connectivity index (χ1n) is 11.7. The van der Waals surface area contributed by atoms with E-state index < -0.39 is 11.7 Å². The Morgan fingerprint density at radius 1 is 1.16 bits per heavy atom. The van der Waals surface area contributed by atoms with E-state index in [1.54, 1.807) is 0 Å². The van der Waals surface area contributed by atoms with Gasteiger partial charge in [0, 0.05) is 13.1 Å². The molecule has 0 aromatic heterocycles. The first kappa shape index (κ1) is 22.6. The fraction of sp³-hybridized carbons (Fsp3) is 0.720. The molecule has 0 radical (unpaired) electrons. The first-order chi connectivity index (χ1) is 14.7. The van der Waals surface area contributed by atoms with Crippen molar-refractivity contribution < 1.29 is 24.1 Å². The Kier molecular flexibility index (Phi) is 6.35. The van der Waals surface area contributed by atoms with Crippen LogP contribution in [0.2, 0.25) is 0 Å². The Hall–Kier alpha value is -1.63. The van der Waals surface area contributed by atoms with E-state index in [2.05, 4.69) is 6.92 Å². The molecule has 3 atom stereocenters. The Morgan fingerprint density at radius 3 is 2.55 bits per heavy atom. The van der Waals surface area contributed by atoms with Gasteiger partial charge in [-0.15, -0.1) is 0 Å². The van der Waals surface area contributed by atoms with E-state index in [9.17, 15) is 9.90 Å². The van der Waals surface area contributed by atoms with Gasteiger partial charge in [0.25, 0.3) is 0 Å². The molecular weight excluding hydrogens is 394 g/mol. The summed E-state index contributed by atoms with van der Waals surface area (Å²) in [5.74, 6) is 0.968. The van der Waals surface area contributed by atoms with Gasteiger partial charge in [-0.3, -0.25) is 4.79 Å². The highest BCUT2D eigenvalue weighted by atomic mass is 16.6. The number of nitrogens with zero attached hydrogens (tertiary/aromatic N) is 1. The standard InChI is InChI=1S/C25H37NO5/c1-23(2)20(27)9-11-24(3,31-23)21-17-25(18-30-21)12-14-26(15-13-25)22(28)10-16-29-19-7-5-4-6-8-19/h4-8,20-21,27H,9-18H2,1-3H3/t20-,21+,24+/m0/s1. The third-order valence-electron chi connectivity index (χ3n) is 7.61. The summed E-state index contributed by atoms with van der Waals surface area (Å²) in [5.41, 5.74) is -0.785. The maximum absolute atomic E-state index is 12.6. The zero-order valence-corrected chi connectivity index (χ0v) is 19.1. The van der Waals surface area contributed by atoms with Crippen LogP contribution in [0.1, 0.15) is 59.3 Å². The van der Waals surface area contributed by atoms with Gasteiger partial charge < -0.3 is 24.2 Å². The van der Waals surface area contributed by atoms with Crippen molar-refractivity contribution in [3.63, 3.8) is 0 Å². The molecule has 6 heteroatoms. The van der Waals surface area contributed by atoms with Crippen LogP contribution in [0.5, 0.6) is 5.75 Å². The van der Waals surface area contributed by atoms with Crippen LogP contribution in [0.25, 0.3) is 0 Å². The van der Waals surface area contributed by atoms with Crippen molar-refractivity contribution in [2.45, 2.75) is 82.7 Å². The van der Waals surface area contributed by atoms with E-state index in [0.29, 0.717) is 13.0 Å². The summed E-state index contributed by atoms with van der Waals surface area (Å²) in [4.78, 5) is 14.6. The molecule has 3 aliphatic rings. The molecule has 1 aromatic rings. The molecule has 6 nitrogen and oxygen atoms in total. The number of ether oxygens (including phenoxy) is 3. The molecule has 4 rings (SSSR count). The van der Waals surface area contributed by atoms with Gasteiger partial charge >= 0.3 is 0 Å². The topological polar surface area (TPSA) is 68.2 Å². The lowest BCUT2D eigenvalue weighted by molar-refractivity contribution is -0.245. The number of hydrogen-bond donors (Lipinski definition) is 1. The summed E-state index contributed by atoms with van der Waals surface area (Å²) in [6.45, 7) is 8.77. The molecule has 3 saturated heterocycles. The van der Waals surface area contributed by atoms with E-state index in [-0.39, 0.29) is 23.0 Å². The highest BCUT2D eigenvalue weighted by molar-refractivity contribution is 5.76. The number of benzene rings is 1. The third kappa shape index (κ3) is 4.91. The summed E-state index contributed by atoms with van der Waals surface area (Å²) in [5, 5.41) is 10.2. The van der Waals surface area contributed by atoms with Gasteiger partial charge in [0.15, 0.2) is 0 Å². The summed E-state index contributed by atoms with van der Waals surface area (Å²) in [6.07, 6.45) is 4.47. The van der Waals surface area contributed by atoms with Crippen molar-refractivity contribution in [3.8, 4) is 5.75 Å². The largest absolute Gasteiger partial charge is 0.493 e. The van der Waals surface area contributed by atoms with Crippen LogP contribution >= 0.6 is 0 Å². The maximum atomic E-state index is 12.6. The normalized spacial score (nSPS) is 32.2. The number of aliphatic hydroxyl groups excluding tert-OH is 1. The fourth-order valence-electron chi connectivity index (χ4n) is 5.41. The molecule has 31 heavy (non-hydrogen) atoms. The average Bonchev–Trinajstić information content (AvgIpc) is 3.16. The second kappa shape index (κ2) is 8.72. The minimum Gasteiger partial charge on any atom is -0.493 e. The van der Waals surface area contributed by atoms with E-state index in [4.69, 9.17) is 14.2 Å². The van der Waals surface area contributed by atoms with E-state index in [1.807, 2.05) is 49.1 Å². The van der Waals surface area contributed by atoms with Gasteiger partial charge in [-0.2, -0.15) is 0 Å². The third-order valence-corrected chi connectivity index (χ3v) is 7.61. The molecule has 1 amide bonds. The van der Waals surface area contributed by atoms with Crippen LogP contribution < -0.4 is 4.74 Å². The number of likely N-dealkylation sites (tertiary alicyclic amines) is 1. The van der Waals surface area contributed by atoms with Crippen LogP contribution in [-0.4, -0.2) is 65.6 Å². The number of amides is 1. The number of hydrogen-bond acceptors (Lipinski definition) is 5. The number of piperidine rings is 1. The van der Waals surface area contributed by atoms with E-state index in [1.165, 1.54) is 0 Å². The van der Waals surface area contributed by atoms with Crippen LogP contribution in [-0.2, 0) is 14.3 Å². The van der Waals surface area contributed by atoms with Crippen LogP contribution in [0.3, 0.4) is 0 Å². The van der Waals surface area contributed by atoms with Gasteiger partial charge in [-0.05, 0) is 70.4 Å². The minimum absolute atomic E-state index is 0.0424. The number of aliphatic hydroxyl groups is 1. The Labute approximate surface area is 185 Å². The lowest BCUT2D eigenvalue weighted by atomic mass is 9.73. The number of rotatable bonds is 5. The molecule has 3 heterocycles. The van der Waals surface area contributed by atoms with Crippen molar-refractivity contribution in [2.24, 2.45) is 5.41 Å². The first-order valence-corrected chi connectivity index (χ1v) is 11.7. The Bertz CT molecular complexity index is 758. The smallest absolute Gasteiger partial charge is 0.225 e. The van der Waals surface area contributed by atoms with Crippen molar-refractivity contribution in [2.75, 3.05) is 26.3 Å². The summed E-state index contributed by atoms with van der Waals surface area (Å²) < 4.78 is 18.4. The van der Waals surface area contributed by atoms with Crippen molar-refractivity contribution in [1.29, 1.82) is 0 Å². The molecule has 1 aromatic carbocycles. The number of para-hydroxylation sites is 1. The molecule has 0 unspecified atom stereocenters. The van der Waals surface area contributed by atoms with Crippen LogP contribution in [0.15, 0.2) is 30.3 Å². The zero-order valence-electron chi connectivity index (χ0n) is 19.1. The SMILES string of the molecule is CC1(C)O[C@@](C)([C@H]2CC3(CCN(C(=O)CCOc4ccccc4)CC3)CO2)CC[C@@H]1O. The molecular formula is C25H37NO5. The quantitative estimate of drug-likeness (QED) is 0.772. The van der Waals surface area contributed by atoms with Gasteiger partial charge in [0.05, 0.1) is 43.0 Å². The Morgan fingerprint density at radius 2 is 1.87 bits per heavy atom. The summed E-state index contributed by atoms with van der Waals surface area (Å²) in [6, 6.07) is 9.62. The van der Waals surface area contributed by atoms with Gasteiger partial charge in [0.2, 0.25) is 5.91 Å². The maximum Gasteiger partial charge on any atom is 0.225 e. The molecule has 172 valence electrons. The van der Waals surface area contributed by atoms with E-state index in [0.717, 1.165) is 57.6 Å². The Balaban J connectivity index is 1.25.